The molecule has 0 saturated carbocycles. The third kappa shape index (κ3) is 4.88. The molecule has 0 fully saturated rings. The average Bonchev–Trinajstić information content (AvgIpc) is 2.72. The van der Waals surface area contributed by atoms with E-state index in [4.69, 9.17) is 4.74 Å². The highest BCUT2D eigenvalue weighted by Crippen LogP contribution is 2.18. The van der Waals surface area contributed by atoms with E-state index < -0.39 is 4.92 Å². The van der Waals surface area contributed by atoms with Crippen LogP contribution in [-0.4, -0.2) is 34.2 Å². The molecule has 0 bridgehead atoms. The third-order valence-electron chi connectivity index (χ3n) is 3.97. The lowest BCUT2D eigenvalue weighted by Crippen LogP contribution is -2.28. The van der Waals surface area contributed by atoms with Crippen LogP contribution >= 0.6 is 0 Å². The lowest BCUT2D eigenvalue weighted by molar-refractivity contribution is -0.384. The monoisotopic (exact) mass is 378 g/mol. The van der Waals surface area contributed by atoms with Crippen LogP contribution in [0.3, 0.4) is 0 Å². The molecule has 28 heavy (non-hydrogen) atoms. The first-order chi connectivity index (χ1) is 13.5. The van der Waals surface area contributed by atoms with E-state index in [0.29, 0.717) is 11.4 Å². The summed E-state index contributed by atoms with van der Waals surface area (Å²) < 4.78 is 5.48. The lowest BCUT2D eigenvalue weighted by atomic mass is 10.1. The van der Waals surface area contributed by atoms with Gasteiger partial charge in [0.2, 0.25) is 5.88 Å². The zero-order chi connectivity index (χ0) is 19.9. The average molecular weight is 378 g/mol. The minimum Gasteiger partial charge on any atom is -0.475 e. The number of hydrogen-bond acceptors (Lipinski definition) is 6. The molecule has 3 aromatic rings. The maximum Gasteiger partial charge on any atom is 0.269 e. The molecule has 3 rings (SSSR count). The molecule has 1 amide bonds. The molecule has 0 unspecified atom stereocenters. The first-order valence-corrected chi connectivity index (χ1v) is 8.59. The molecule has 8 nitrogen and oxygen atoms in total. The van der Waals surface area contributed by atoms with E-state index in [2.05, 4.69) is 15.5 Å². The summed E-state index contributed by atoms with van der Waals surface area (Å²) in [4.78, 5) is 22.1. The van der Waals surface area contributed by atoms with Crippen LogP contribution in [0.4, 0.5) is 5.69 Å². The fourth-order valence-electron chi connectivity index (χ4n) is 2.43. The highest BCUT2D eigenvalue weighted by Gasteiger charge is 2.09. The number of amides is 1. The zero-order valence-electron chi connectivity index (χ0n) is 15.2. The van der Waals surface area contributed by atoms with Crippen LogP contribution in [-0.2, 0) is 0 Å². The molecule has 0 saturated heterocycles. The van der Waals surface area contributed by atoms with Gasteiger partial charge in [0, 0.05) is 29.3 Å². The molecular formula is C20H18N4O4. The summed E-state index contributed by atoms with van der Waals surface area (Å²) in [6, 6.07) is 16.9. The Morgan fingerprint density at radius 1 is 1.04 bits per heavy atom. The fourth-order valence-corrected chi connectivity index (χ4v) is 2.43. The number of benzene rings is 2. The normalized spacial score (nSPS) is 10.3. The highest BCUT2D eigenvalue weighted by atomic mass is 16.6. The molecule has 1 aromatic heterocycles. The Morgan fingerprint density at radius 2 is 1.75 bits per heavy atom. The van der Waals surface area contributed by atoms with Gasteiger partial charge in [-0.3, -0.25) is 14.9 Å². The van der Waals surface area contributed by atoms with Gasteiger partial charge in [-0.15, -0.1) is 10.2 Å². The summed E-state index contributed by atoms with van der Waals surface area (Å²) in [5.74, 6) is 0.0275. The van der Waals surface area contributed by atoms with Gasteiger partial charge in [-0.25, -0.2) is 0 Å². The smallest absolute Gasteiger partial charge is 0.269 e. The fraction of sp³-hybridized carbons (Fsp3) is 0.150. The van der Waals surface area contributed by atoms with Gasteiger partial charge in [0.1, 0.15) is 6.61 Å². The minimum atomic E-state index is -0.513. The summed E-state index contributed by atoms with van der Waals surface area (Å²) in [7, 11) is 0. The Morgan fingerprint density at radius 3 is 2.36 bits per heavy atom. The second-order valence-corrected chi connectivity index (χ2v) is 6.03. The number of rotatable bonds is 7. The summed E-state index contributed by atoms with van der Waals surface area (Å²) in [5.41, 5.74) is 3.17. The number of ether oxygens (including phenoxy) is 1. The number of non-ortho nitro benzene ring substituents is 1. The van der Waals surface area contributed by atoms with Crippen molar-refractivity contribution in [2.45, 2.75) is 6.92 Å². The Bertz CT molecular complexity index is 955. The van der Waals surface area contributed by atoms with E-state index >= 15 is 0 Å². The lowest BCUT2D eigenvalue weighted by Gasteiger charge is -2.07. The molecule has 0 radical (unpaired) electrons. The van der Waals surface area contributed by atoms with E-state index in [0.717, 1.165) is 11.3 Å². The van der Waals surface area contributed by atoms with Gasteiger partial charge in [-0.2, -0.15) is 0 Å². The number of nitro benzene ring substituents is 1. The molecule has 1 heterocycles. The van der Waals surface area contributed by atoms with Crippen LogP contribution < -0.4 is 10.1 Å². The van der Waals surface area contributed by atoms with E-state index in [9.17, 15) is 14.9 Å². The number of nitrogens with one attached hydrogen (secondary N) is 1. The molecule has 0 aliphatic rings. The Hall–Kier alpha value is -3.81. The molecule has 1 N–H and O–H groups in total. The first kappa shape index (κ1) is 19.0. The molecular weight excluding hydrogens is 360 g/mol. The number of aryl methyl sites for hydroxylation is 1. The molecule has 0 aliphatic heterocycles. The van der Waals surface area contributed by atoms with Gasteiger partial charge in [0.05, 0.1) is 17.2 Å². The number of hydrogen-bond donors (Lipinski definition) is 1. The van der Waals surface area contributed by atoms with Gasteiger partial charge in [0.25, 0.3) is 11.6 Å². The zero-order valence-corrected chi connectivity index (χ0v) is 15.2. The minimum absolute atomic E-state index is 0.0625. The van der Waals surface area contributed by atoms with Crippen molar-refractivity contribution in [1.82, 2.24) is 15.5 Å². The topological polar surface area (TPSA) is 107 Å². The predicted molar refractivity (Wildman–Crippen MR) is 103 cm³/mol. The van der Waals surface area contributed by atoms with Crippen LogP contribution in [0.2, 0.25) is 0 Å². The van der Waals surface area contributed by atoms with Gasteiger partial charge in [-0.05, 0) is 25.1 Å². The molecule has 0 atom stereocenters. The Kier molecular flexibility index (Phi) is 5.91. The Labute approximate surface area is 161 Å². The SMILES string of the molecule is Cc1ccc(-c2ccc(OCCNC(=O)c3ccc([N+](=O)[O-])cc3)nn2)cc1. The van der Waals surface area contributed by atoms with Crippen molar-refractivity contribution in [3.8, 4) is 17.1 Å². The van der Waals surface area contributed by atoms with Crippen molar-refractivity contribution in [3.63, 3.8) is 0 Å². The van der Waals surface area contributed by atoms with Crippen molar-refractivity contribution in [3.05, 3.63) is 81.9 Å². The maximum atomic E-state index is 12.0. The van der Waals surface area contributed by atoms with Crippen molar-refractivity contribution >= 4 is 11.6 Å². The van der Waals surface area contributed by atoms with Gasteiger partial charge >= 0.3 is 0 Å². The number of nitrogens with zero attached hydrogens (tertiary/aromatic N) is 3. The molecule has 2 aromatic carbocycles. The van der Waals surface area contributed by atoms with Crippen molar-refractivity contribution in [2.24, 2.45) is 0 Å². The van der Waals surface area contributed by atoms with Crippen LogP contribution in [0, 0.1) is 17.0 Å². The summed E-state index contributed by atoms with van der Waals surface area (Å²) in [5, 5.41) is 21.5. The quantitative estimate of drug-likeness (QED) is 0.384. The predicted octanol–water partition coefficient (Wildman–Crippen LogP) is 3.17. The summed E-state index contributed by atoms with van der Waals surface area (Å²) in [6.45, 7) is 2.50. The van der Waals surface area contributed by atoms with Crippen molar-refractivity contribution in [1.29, 1.82) is 0 Å². The van der Waals surface area contributed by atoms with E-state index in [1.165, 1.54) is 29.8 Å². The van der Waals surface area contributed by atoms with Crippen LogP contribution in [0.1, 0.15) is 15.9 Å². The highest BCUT2D eigenvalue weighted by molar-refractivity contribution is 5.94. The maximum absolute atomic E-state index is 12.0. The van der Waals surface area contributed by atoms with E-state index in [-0.39, 0.29) is 24.7 Å². The standard InChI is InChI=1S/C20H18N4O4/c1-14-2-4-15(5-3-14)18-10-11-19(23-22-18)28-13-12-21-20(25)16-6-8-17(9-7-16)24(26)27/h2-11H,12-13H2,1H3,(H,21,25). The first-order valence-electron chi connectivity index (χ1n) is 8.59. The molecule has 0 spiro atoms. The van der Waals surface area contributed by atoms with Crippen LogP contribution in [0.15, 0.2) is 60.7 Å². The third-order valence-corrected chi connectivity index (χ3v) is 3.97. The number of carbonyl (C=O) groups excluding carboxylic acids is 1. The second-order valence-electron chi connectivity index (χ2n) is 6.03. The number of nitro groups is 1. The second kappa shape index (κ2) is 8.72. The van der Waals surface area contributed by atoms with E-state index in [1.54, 1.807) is 6.07 Å². The number of carbonyl (C=O) groups is 1. The summed E-state index contributed by atoms with van der Waals surface area (Å²) >= 11 is 0. The van der Waals surface area contributed by atoms with Crippen molar-refractivity contribution in [2.75, 3.05) is 13.2 Å². The van der Waals surface area contributed by atoms with Gasteiger partial charge in [-0.1, -0.05) is 29.8 Å². The van der Waals surface area contributed by atoms with Crippen LogP contribution in [0.5, 0.6) is 5.88 Å². The van der Waals surface area contributed by atoms with Gasteiger partial charge in [0.15, 0.2) is 0 Å². The number of aromatic nitrogens is 2. The van der Waals surface area contributed by atoms with E-state index in [1.807, 2.05) is 37.3 Å². The van der Waals surface area contributed by atoms with Crippen LogP contribution in [0.25, 0.3) is 11.3 Å². The van der Waals surface area contributed by atoms with Gasteiger partial charge < -0.3 is 10.1 Å². The molecule has 0 aliphatic carbocycles. The largest absolute Gasteiger partial charge is 0.475 e. The molecule has 142 valence electrons. The van der Waals surface area contributed by atoms with Crippen molar-refractivity contribution < 1.29 is 14.5 Å². The Balaban J connectivity index is 1.46. The molecule has 8 heteroatoms. The summed E-state index contributed by atoms with van der Waals surface area (Å²) in [6.07, 6.45) is 0.